The van der Waals surface area contributed by atoms with Crippen molar-refractivity contribution < 1.29 is 41.1 Å². The van der Waals surface area contributed by atoms with Gasteiger partial charge in [-0.3, -0.25) is 4.79 Å². The molecule has 0 spiro atoms. The van der Waals surface area contributed by atoms with Crippen molar-refractivity contribution in [1.29, 1.82) is 0 Å². The molecule has 4 nitrogen and oxygen atoms in total. The number of unbranched alkanes of at least 4 members (excludes halogenated alkanes) is 1. The second-order valence-corrected chi connectivity index (χ2v) is 2.87. The Morgan fingerprint density at radius 1 is 1.00 bits per heavy atom. The number of rotatable bonds is 7. The molecule has 7 N–H and O–H groups in total. The van der Waals surface area contributed by atoms with E-state index >= 15 is 0 Å². The highest BCUT2D eigenvalue weighted by Crippen LogP contribution is 1.86. The van der Waals surface area contributed by atoms with E-state index in [1.807, 2.05) is 0 Å². The van der Waals surface area contributed by atoms with E-state index in [0.717, 1.165) is 38.9 Å². The van der Waals surface area contributed by atoms with Gasteiger partial charge >= 0.3 is 0 Å². The van der Waals surface area contributed by atoms with Crippen LogP contribution in [-0.4, -0.2) is 25.5 Å². The van der Waals surface area contributed by atoms with Gasteiger partial charge in [0.15, 0.2) is 0 Å². The summed E-state index contributed by atoms with van der Waals surface area (Å²) in [5.41, 5.74) is 7.41. The van der Waals surface area contributed by atoms with Crippen molar-refractivity contribution in [2.75, 3.05) is 19.6 Å². The van der Waals surface area contributed by atoms with Crippen LogP contribution >= 0.6 is 0 Å². The van der Waals surface area contributed by atoms with Gasteiger partial charge in [-0.2, -0.15) is 0 Å². The smallest absolute Gasteiger partial charge is 0.220 e. The predicted molar refractivity (Wildman–Crippen MR) is 47.0 cm³/mol. The van der Waals surface area contributed by atoms with E-state index in [1.165, 1.54) is 0 Å². The van der Waals surface area contributed by atoms with E-state index in [9.17, 15) is 4.79 Å². The maximum absolute atomic E-state index is 11.0. The molecule has 0 atom stereocenters. The summed E-state index contributed by atoms with van der Waals surface area (Å²) < 4.78 is 0. The highest BCUT2D eigenvalue weighted by molar-refractivity contribution is 5.75. The summed E-state index contributed by atoms with van der Waals surface area (Å²) in [4.78, 5) is 11.0. The van der Waals surface area contributed by atoms with Gasteiger partial charge < -0.3 is 41.6 Å². The van der Waals surface area contributed by atoms with Crippen LogP contribution in [0.4, 0.5) is 0 Å². The van der Waals surface area contributed by atoms with E-state index in [1.54, 1.807) is 0 Å². The fourth-order valence-corrected chi connectivity index (χ4v) is 0.904. The van der Waals surface area contributed by atoms with Gasteiger partial charge in [0.1, 0.15) is 0 Å². The Hall–Kier alpha value is -0.0300. The number of nitrogens with one attached hydrogen (secondary N) is 1. The molecule has 0 aromatic rings. The maximum Gasteiger partial charge on any atom is 0.220 e. The first kappa shape index (κ1) is 19.5. The summed E-state index contributed by atoms with van der Waals surface area (Å²) >= 11 is 0. The van der Waals surface area contributed by atoms with Gasteiger partial charge in [-0.1, -0.05) is 0 Å². The Balaban J connectivity index is -0.000000605. The lowest BCUT2D eigenvalue weighted by molar-refractivity contribution is -0.368. The standard InChI is InChI=1S/C8H19N3O.2ClH/c9-5-1-2-7-11-8(12)4-3-6-10;;/h1-7,9-10H2,(H,11,12);2*1H. The lowest BCUT2D eigenvalue weighted by atomic mass is 10.3. The molecule has 0 unspecified atom stereocenters. The number of amides is 1. The van der Waals surface area contributed by atoms with Crippen molar-refractivity contribution in [2.24, 2.45) is 0 Å². The van der Waals surface area contributed by atoms with Gasteiger partial charge in [0, 0.05) is 19.4 Å². The van der Waals surface area contributed by atoms with E-state index in [0.29, 0.717) is 6.42 Å². The van der Waals surface area contributed by atoms with Crippen molar-refractivity contribution in [1.82, 2.24) is 5.32 Å². The van der Waals surface area contributed by atoms with Crippen LogP contribution in [0.2, 0.25) is 0 Å². The zero-order chi connectivity index (χ0) is 9.23. The summed E-state index contributed by atoms with van der Waals surface area (Å²) in [6.45, 7) is 2.59. The number of carbonyl (C=O) groups is 1. The third-order valence-corrected chi connectivity index (χ3v) is 1.65. The third-order valence-electron chi connectivity index (χ3n) is 1.65. The van der Waals surface area contributed by atoms with Crippen LogP contribution in [-0.2, 0) is 4.79 Å². The molecule has 6 heteroatoms. The Labute approximate surface area is 98.0 Å². The highest BCUT2D eigenvalue weighted by Gasteiger charge is 1.98. The van der Waals surface area contributed by atoms with Gasteiger partial charge in [-0.25, -0.2) is 0 Å². The highest BCUT2D eigenvalue weighted by atomic mass is 35.5. The van der Waals surface area contributed by atoms with Crippen LogP contribution in [0, 0.1) is 0 Å². The first-order valence-electron chi connectivity index (χ1n) is 4.66. The molecule has 1 amide bonds. The van der Waals surface area contributed by atoms with E-state index in [2.05, 4.69) is 16.8 Å². The number of carbonyl (C=O) groups excluding carboxylic acids is 1. The fraction of sp³-hybridized carbons (Fsp3) is 0.875. The topological polar surface area (TPSA) is 84.4 Å². The quantitative estimate of drug-likeness (QED) is 0.383. The molecule has 0 radical (unpaired) electrons. The molecule has 0 rings (SSSR count). The zero-order valence-electron chi connectivity index (χ0n) is 8.53. The third kappa shape index (κ3) is 14.5. The largest absolute Gasteiger partial charge is 1.00 e. The molecular weight excluding hydrogens is 225 g/mol. The number of quaternary nitrogens is 2. The summed E-state index contributed by atoms with van der Waals surface area (Å²) in [5, 5.41) is 2.86. The van der Waals surface area contributed by atoms with Crippen molar-refractivity contribution >= 4 is 5.91 Å². The molecule has 0 saturated heterocycles. The average molecular weight is 246 g/mol. The van der Waals surface area contributed by atoms with Gasteiger partial charge in [0.2, 0.25) is 5.91 Å². The van der Waals surface area contributed by atoms with Crippen molar-refractivity contribution in [2.45, 2.75) is 25.7 Å². The first-order chi connectivity index (χ1) is 5.81. The van der Waals surface area contributed by atoms with Crippen LogP contribution < -0.4 is 41.6 Å². The van der Waals surface area contributed by atoms with Crippen molar-refractivity contribution in [3.63, 3.8) is 0 Å². The molecule has 0 aliphatic carbocycles. The maximum atomic E-state index is 11.0. The molecular formula is C8H21Cl2N3O. The summed E-state index contributed by atoms with van der Waals surface area (Å²) in [6.07, 6.45) is 3.64. The monoisotopic (exact) mass is 245 g/mol. The lowest BCUT2D eigenvalue weighted by Gasteiger charge is -2.02. The average Bonchev–Trinajstić information content (AvgIpc) is 2.09. The minimum absolute atomic E-state index is 0. The molecule has 0 aromatic heterocycles. The molecule has 0 aromatic carbocycles. The second-order valence-electron chi connectivity index (χ2n) is 2.87. The zero-order valence-corrected chi connectivity index (χ0v) is 10.0. The van der Waals surface area contributed by atoms with Gasteiger partial charge in [0.05, 0.1) is 13.1 Å². The van der Waals surface area contributed by atoms with Crippen LogP contribution in [0.15, 0.2) is 0 Å². The second kappa shape index (κ2) is 15.4. The predicted octanol–water partition coefficient (Wildman–Crippen LogP) is -7.85. The van der Waals surface area contributed by atoms with Crippen LogP contribution in [0.25, 0.3) is 0 Å². The van der Waals surface area contributed by atoms with E-state index in [4.69, 9.17) is 0 Å². The minimum Gasteiger partial charge on any atom is -1.00 e. The number of hydrogen-bond donors (Lipinski definition) is 3. The Kier molecular flexibility index (Phi) is 21.5. The van der Waals surface area contributed by atoms with Gasteiger partial charge in [0.25, 0.3) is 0 Å². The minimum atomic E-state index is 0. The Morgan fingerprint density at radius 2 is 1.57 bits per heavy atom. The number of hydrogen-bond acceptors (Lipinski definition) is 1. The van der Waals surface area contributed by atoms with Crippen molar-refractivity contribution in [3.05, 3.63) is 0 Å². The molecule has 0 saturated carbocycles. The lowest BCUT2D eigenvalue weighted by Crippen LogP contribution is -3.00. The molecule has 0 aliphatic heterocycles. The normalized spacial score (nSPS) is 8.43. The van der Waals surface area contributed by atoms with Gasteiger partial charge in [-0.05, 0) is 12.8 Å². The van der Waals surface area contributed by atoms with Crippen LogP contribution in [0.1, 0.15) is 25.7 Å². The molecule has 0 heterocycles. The van der Waals surface area contributed by atoms with Crippen LogP contribution in [0.3, 0.4) is 0 Å². The molecule has 88 valence electrons. The Bertz CT molecular complexity index is 125. The van der Waals surface area contributed by atoms with Gasteiger partial charge in [-0.15, -0.1) is 0 Å². The first-order valence-corrected chi connectivity index (χ1v) is 4.66. The number of halogens is 2. The van der Waals surface area contributed by atoms with Crippen LogP contribution in [0.5, 0.6) is 0 Å². The summed E-state index contributed by atoms with van der Waals surface area (Å²) in [7, 11) is 0. The fourth-order valence-electron chi connectivity index (χ4n) is 0.904. The summed E-state index contributed by atoms with van der Waals surface area (Å²) in [6, 6.07) is 0. The molecule has 0 aliphatic rings. The molecule has 0 fully saturated rings. The Morgan fingerprint density at radius 3 is 2.07 bits per heavy atom. The van der Waals surface area contributed by atoms with E-state index < -0.39 is 0 Å². The van der Waals surface area contributed by atoms with Crippen molar-refractivity contribution in [3.8, 4) is 0 Å². The molecule has 14 heavy (non-hydrogen) atoms. The summed E-state index contributed by atoms with van der Waals surface area (Å²) in [5.74, 6) is 0.155. The van der Waals surface area contributed by atoms with E-state index in [-0.39, 0.29) is 30.7 Å². The SMILES string of the molecule is [Cl-].[Cl-].[NH3+]CCCCNC(=O)CCC[NH3+]. The molecule has 0 bridgehead atoms.